The van der Waals surface area contributed by atoms with Gasteiger partial charge in [0, 0.05) is 13.0 Å². The van der Waals surface area contributed by atoms with Crippen molar-refractivity contribution in [2.45, 2.75) is 32.0 Å². The average molecular weight is 311 g/mol. The molecule has 3 rings (SSSR count). The molecule has 0 N–H and O–H groups in total. The summed E-state index contributed by atoms with van der Waals surface area (Å²) in [5.41, 5.74) is 2.30. The molecule has 2 aromatic carbocycles. The highest BCUT2D eigenvalue weighted by Crippen LogP contribution is 2.35. The summed E-state index contributed by atoms with van der Waals surface area (Å²) in [6.07, 6.45) is 0.0687. The summed E-state index contributed by atoms with van der Waals surface area (Å²) in [4.78, 5) is 18.0. The van der Waals surface area contributed by atoms with Crippen molar-refractivity contribution >= 4 is 5.97 Å². The van der Waals surface area contributed by atoms with Gasteiger partial charge in [0.25, 0.3) is 0 Å². The third-order valence-electron chi connectivity index (χ3n) is 3.96. The zero-order valence-electron chi connectivity index (χ0n) is 13.2. The van der Waals surface area contributed by atoms with Crippen molar-refractivity contribution in [3.63, 3.8) is 0 Å². The van der Waals surface area contributed by atoms with Crippen molar-refractivity contribution in [1.82, 2.24) is 5.06 Å². The molecule has 1 heterocycles. The summed E-state index contributed by atoms with van der Waals surface area (Å²) in [6.45, 7) is 2.81. The van der Waals surface area contributed by atoms with E-state index in [1.807, 2.05) is 48.4 Å². The van der Waals surface area contributed by atoms with Crippen LogP contribution >= 0.6 is 0 Å². The van der Waals surface area contributed by atoms with Gasteiger partial charge in [0.2, 0.25) is 0 Å². The van der Waals surface area contributed by atoms with E-state index in [2.05, 4.69) is 24.3 Å². The predicted molar refractivity (Wildman–Crippen MR) is 87.3 cm³/mol. The van der Waals surface area contributed by atoms with Crippen LogP contribution in [0.2, 0.25) is 0 Å². The Kier molecular flexibility index (Phi) is 5.05. The zero-order chi connectivity index (χ0) is 16.1. The van der Waals surface area contributed by atoms with Crippen LogP contribution in [0.1, 0.15) is 30.5 Å². The minimum absolute atomic E-state index is 0.0470. The molecule has 0 radical (unpaired) electrons. The van der Waals surface area contributed by atoms with Crippen LogP contribution in [-0.2, 0) is 20.9 Å². The molecular formula is C19H21NO3. The highest BCUT2D eigenvalue weighted by Gasteiger charge is 2.39. The van der Waals surface area contributed by atoms with Crippen LogP contribution in [0.5, 0.6) is 0 Å². The molecule has 0 unspecified atom stereocenters. The van der Waals surface area contributed by atoms with Crippen LogP contribution in [0.15, 0.2) is 60.7 Å². The van der Waals surface area contributed by atoms with E-state index in [1.165, 1.54) is 0 Å². The summed E-state index contributed by atoms with van der Waals surface area (Å²) in [5.74, 6) is -0.288. The van der Waals surface area contributed by atoms with Gasteiger partial charge in [-0.1, -0.05) is 60.7 Å². The second kappa shape index (κ2) is 7.40. The molecule has 0 aromatic heterocycles. The van der Waals surface area contributed by atoms with Gasteiger partial charge in [0.05, 0.1) is 12.6 Å². The maximum Gasteiger partial charge on any atom is 0.337 e. The SMILES string of the molecule is CCOC(=O)[C@H]1C[C@H](c2ccccc2)N(Cc2ccccc2)O1. The van der Waals surface area contributed by atoms with Gasteiger partial charge in [0.1, 0.15) is 0 Å². The topological polar surface area (TPSA) is 38.8 Å². The van der Waals surface area contributed by atoms with E-state index in [4.69, 9.17) is 9.57 Å². The van der Waals surface area contributed by atoms with Gasteiger partial charge in [-0.05, 0) is 18.1 Å². The number of carbonyl (C=O) groups excluding carboxylic acids is 1. The fourth-order valence-corrected chi connectivity index (χ4v) is 2.86. The first-order chi connectivity index (χ1) is 11.3. The summed E-state index contributed by atoms with van der Waals surface area (Å²) in [6, 6.07) is 20.3. The minimum Gasteiger partial charge on any atom is -0.464 e. The van der Waals surface area contributed by atoms with Crippen molar-refractivity contribution in [1.29, 1.82) is 0 Å². The van der Waals surface area contributed by atoms with Gasteiger partial charge in [-0.15, -0.1) is 0 Å². The zero-order valence-corrected chi connectivity index (χ0v) is 13.2. The van der Waals surface area contributed by atoms with E-state index >= 15 is 0 Å². The number of ether oxygens (including phenoxy) is 1. The van der Waals surface area contributed by atoms with Crippen molar-refractivity contribution in [2.24, 2.45) is 0 Å². The van der Waals surface area contributed by atoms with E-state index in [9.17, 15) is 4.79 Å². The number of carbonyl (C=O) groups is 1. The number of hydrogen-bond donors (Lipinski definition) is 0. The first-order valence-corrected chi connectivity index (χ1v) is 7.97. The summed E-state index contributed by atoms with van der Waals surface area (Å²) in [7, 11) is 0. The van der Waals surface area contributed by atoms with Crippen LogP contribution < -0.4 is 0 Å². The number of nitrogens with zero attached hydrogens (tertiary/aromatic N) is 1. The summed E-state index contributed by atoms with van der Waals surface area (Å²) in [5, 5.41) is 1.90. The number of hydroxylamine groups is 2. The van der Waals surface area contributed by atoms with Crippen molar-refractivity contribution in [2.75, 3.05) is 6.61 Å². The van der Waals surface area contributed by atoms with Gasteiger partial charge in [-0.3, -0.25) is 4.84 Å². The predicted octanol–water partition coefficient (Wildman–Crippen LogP) is 3.50. The van der Waals surface area contributed by atoms with Gasteiger partial charge in [0.15, 0.2) is 6.10 Å². The minimum atomic E-state index is -0.538. The Morgan fingerprint density at radius 1 is 1.13 bits per heavy atom. The van der Waals surface area contributed by atoms with E-state index in [-0.39, 0.29) is 12.0 Å². The highest BCUT2D eigenvalue weighted by atomic mass is 16.7. The molecular weight excluding hydrogens is 290 g/mol. The summed E-state index contributed by atoms with van der Waals surface area (Å²) < 4.78 is 5.12. The van der Waals surface area contributed by atoms with Crippen molar-refractivity contribution in [3.05, 3.63) is 71.8 Å². The van der Waals surface area contributed by atoms with Crippen molar-refractivity contribution < 1.29 is 14.4 Å². The van der Waals surface area contributed by atoms with Crippen LogP contribution in [0, 0.1) is 0 Å². The van der Waals surface area contributed by atoms with E-state index in [0.717, 1.165) is 11.1 Å². The molecule has 1 fully saturated rings. The highest BCUT2D eigenvalue weighted by molar-refractivity contribution is 5.75. The first kappa shape index (κ1) is 15.7. The second-order valence-corrected chi connectivity index (χ2v) is 5.57. The summed E-state index contributed by atoms with van der Waals surface area (Å²) >= 11 is 0. The Labute approximate surface area is 136 Å². The average Bonchev–Trinajstić information content (AvgIpc) is 3.01. The Bertz CT molecular complexity index is 630. The van der Waals surface area contributed by atoms with E-state index in [0.29, 0.717) is 19.6 Å². The number of rotatable bonds is 5. The Morgan fingerprint density at radius 2 is 1.78 bits per heavy atom. The molecule has 0 saturated carbocycles. The first-order valence-electron chi connectivity index (χ1n) is 7.97. The van der Waals surface area contributed by atoms with E-state index < -0.39 is 6.10 Å². The molecule has 0 bridgehead atoms. The molecule has 1 saturated heterocycles. The normalized spacial score (nSPS) is 21.3. The Balaban J connectivity index is 1.80. The quantitative estimate of drug-likeness (QED) is 0.792. The van der Waals surface area contributed by atoms with E-state index in [1.54, 1.807) is 0 Å². The van der Waals surface area contributed by atoms with Crippen LogP contribution in [0.3, 0.4) is 0 Å². The lowest BCUT2D eigenvalue weighted by molar-refractivity contribution is -0.193. The third kappa shape index (κ3) is 3.78. The Morgan fingerprint density at radius 3 is 2.43 bits per heavy atom. The lowest BCUT2D eigenvalue weighted by Crippen LogP contribution is -2.26. The maximum atomic E-state index is 12.0. The lowest BCUT2D eigenvalue weighted by Gasteiger charge is -2.22. The molecule has 0 spiro atoms. The van der Waals surface area contributed by atoms with Crippen molar-refractivity contribution in [3.8, 4) is 0 Å². The monoisotopic (exact) mass is 311 g/mol. The molecule has 120 valence electrons. The molecule has 23 heavy (non-hydrogen) atoms. The molecule has 1 aliphatic rings. The molecule has 1 aliphatic heterocycles. The maximum absolute atomic E-state index is 12.0. The van der Waals surface area contributed by atoms with Gasteiger partial charge >= 0.3 is 5.97 Å². The van der Waals surface area contributed by atoms with Gasteiger partial charge in [-0.2, -0.15) is 5.06 Å². The van der Waals surface area contributed by atoms with Crippen LogP contribution in [-0.4, -0.2) is 23.7 Å². The van der Waals surface area contributed by atoms with Crippen LogP contribution in [0.25, 0.3) is 0 Å². The molecule has 4 heteroatoms. The fourth-order valence-electron chi connectivity index (χ4n) is 2.86. The molecule has 2 atom stereocenters. The van der Waals surface area contributed by atoms with Gasteiger partial charge in [-0.25, -0.2) is 4.79 Å². The van der Waals surface area contributed by atoms with Crippen LogP contribution in [0.4, 0.5) is 0 Å². The van der Waals surface area contributed by atoms with Gasteiger partial charge < -0.3 is 4.74 Å². The second-order valence-electron chi connectivity index (χ2n) is 5.57. The molecule has 4 nitrogen and oxygen atoms in total. The number of benzene rings is 2. The molecule has 2 aromatic rings. The largest absolute Gasteiger partial charge is 0.464 e. The lowest BCUT2D eigenvalue weighted by atomic mass is 10.0. The fraction of sp³-hybridized carbons (Fsp3) is 0.316. The Hall–Kier alpha value is -2.17. The number of esters is 1. The smallest absolute Gasteiger partial charge is 0.337 e. The number of hydrogen-bond acceptors (Lipinski definition) is 4. The molecule has 0 aliphatic carbocycles. The standard InChI is InChI=1S/C19H21NO3/c1-2-22-19(21)18-13-17(16-11-7-4-8-12-16)20(23-18)14-15-9-5-3-6-10-15/h3-12,17-18H,2,13-14H2,1H3/t17-,18-/m1/s1. The molecule has 0 amide bonds. The third-order valence-corrected chi connectivity index (χ3v) is 3.96.